The number of hydrogen-bond acceptors (Lipinski definition) is 4. The largest absolute Gasteiger partial charge is 0.348 e. The summed E-state index contributed by atoms with van der Waals surface area (Å²) in [6.07, 6.45) is 3.42. The van der Waals surface area contributed by atoms with E-state index in [2.05, 4.69) is 15.3 Å². The molecule has 0 aliphatic carbocycles. The fraction of sp³-hybridized carbons (Fsp3) is 0.421. The number of Topliss-reactive ketones (excluding diaryl/α,β-unsaturated/α-hetero) is 1. The van der Waals surface area contributed by atoms with Crippen molar-refractivity contribution in [2.75, 3.05) is 19.6 Å². The molecule has 1 atom stereocenters. The second-order valence-corrected chi connectivity index (χ2v) is 7.00. The summed E-state index contributed by atoms with van der Waals surface area (Å²) in [4.78, 5) is 34.5. The third-order valence-electron chi connectivity index (χ3n) is 5.38. The summed E-state index contributed by atoms with van der Waals surface area (Å²) in [6, 6.07) is 2.76. The Morgan fingerprint density at radius 1 is 1.15 bits per heavy atom. The van der Waals surface area contributed by atoms with Gasteiger partial charge in [0.15, 0.2) is 17.4 Å². The predicted octanol–water partition coefficient (Wildman–Crippen LogP) is 2.00. The van der Waals surface area contributed by atoms with Crippen LogP contribution in [-0.4, -0.2) is 46.2 Å². The highest BCUT2D eigenvalue weighted by molar-refractivity contribution is 5.98. The van der Waals surface area contributed by atoms with E-state index in [0.717, 1.165) is 29.9 Å². The first-order chi connectivity index (χ1) is 13.0. The van der Waals surface area contributed by atoms with Gasteiger partial charge in [0.05, 0.1) is 12.0 Å². The first kappa shape index (κ1) is 17.8. The number of likely N-dealkylation sites (tertiary alicyclic amines) is 1. The van der Waals surface area contributed by atoms with Gasteiger partial charge in [0.25, 0.3) is 0 Å². The number of nitrogens with zero attached hydrogens (tertiary/aromatic N) is 2. The molecule has 142 valence electrons. The summed E-state index contributed by atoms with van der Waals surface area (Å²) < 4.78 is 26.4. The van der Waals surface area contributed by atoms with Crippen molar-refractivity contribution in [1.82, 2.24) is 20.2 Å². The number of piperidine rings is 1. The van der Waals surface area contributed by atoms with E-state index in [0.29, 0.717) is 32.5 Å². The molecule has 1 fully saturated rings. The Kier molecular flexibility index (Phi) is 4.73. The van der Waals surface area contributed by atoms with Crippen molar-refractivity contribution in [3.05, 3.63) is 53.1 Å². The molecule has 3 heterocycles. The summed E-state index contributed by atoms with van der Waals surface area (Å²) >= 11 is 0. The van der Waals surface area contributed by atoms with Crippen LogP contribution in [0.15, 0.2) is 24.5 Å². The van der Waals surface area contributed by atoms with Gasteiger partial charge in [-0.1, -0.05) is 0 Å². The van der Waals surface area contributed by atoms with Crippen molar-refractivity contribution in [1.29, 1.82) is 0 Å². The molecule has 2 aliphatic heterocycles. The van der Waals surface area contributed by atoms with Crippen LogP contribution in [0.2, 0.25) is 0 Å². The van der Waals surface area contributed by atoms with Gasteiger partial charge in [-0.3, -0.25) is 9.59 Å². The number of benzene rings is 1. The molecule has 0 radical (unpaired) electrons. The van der Waals surface area contributed by atoms with Crippen molar-refractivity contribution < 1.29 is 18.4 Å². The first-order valence-electron chi connectivity index (χ1n) is 9.08. The molecule has 0 unspecified atom stereocenters. The van der Waals surface area contributed by atoms with Gasteiger partial charge in [0, 0.05) is 43.2 Å². The third kappa shape index (κ3) is 3.37. The smallest absolute Gasteiger partial charge is 0.246 e. The number of hydrogen-bond donors (Lipinski definition) is 2. The predicted molar refractivity (Wildman–Crippen MR) is 93.0 cm³/mol. The highest BCUT2D eigenvalue weighted by Crippen LogP contribution is 2.26. The fourth-order valence-electron chi connectivity index (χ4n) is 3.85. The van der Waals surface area contributed by atoms with Crippen molar-refractivity contribution in [3.8, 4) is 0 Å². The van der Waals surface area contributed by atoms with Gasteiger partial charge in [-0.2, -0.15) is 0 Å². The Bertz CT molecular complexity index is 874. The number of carbonyl (C=O) groups is 2. The zero-order valence-corrected chi connectivity index (χ0v) is 14.7. The topological polar surface area (TPSA) is 78.1 Å². The Hall–Kier alpha value is -2.61. The molecule has 0 bridgehead atoms. The molecule has 1 amide bonds. The van der Waals surface area contributed by atoms with Crippen molar-refractivity contribution in [2.45, 2.75) is 25.3 Å². The minimum atomic E-state index is -1.02. The second kappa shape index (κ2) is 7.19. The number of halogens is 2. The van der Waals surface area contributed by atoms with Crippen LogP contribution in [0.5, 0.6) is 0 Å². The number of carbonyl (C=O) groups excluding carboxylic acids is 2. The lowest BCUT2D eigenvalue weighted by Gasteiger charge is -2.34. The fourth-order valence-corrected chi connectivity index (χ4v) is 3.85. The van der Waals surface area contributed by atoms with Gasteiger partial charge < -0.3 is 15.2 Å². The Morgan fingerprint density at radius 3 is 2.67 bits per heavy atom. The van der Waals surface area contributed by atoms with Crippen LogP contribution < -0.4 is 5.32 Å². The van der Waals surface area contributed by atoms with E-state index in [4.69, 9.17) is 0 Å². The average molecular weight is 374 g/mol. The number of nitrogens with one attached hydrogen (secondary N) is 2. The molecule has 1 saturated heterocycles. The van der Waals surface area contributed by atoms with Crippen molar-refractivity contribution in [3.63, 3.8) is 0 Å². The Balaban J connectivity index is 1.40. The van der Waals surface area contributed by atoms with Gasteiger partial charge in [0.1, 0.15) is 6.04 Å². The number of H-pyrrole nitrogens is 1. The molecular formula is C19H20F2N4O2. The van der Waals surface area contributed by atoms with Crippen molar-refractivity contribution in [2.24, 2.45) is 5.92 Å². The highest BCUT2D eigenvalue weighted by atomic mass is 19.2. The van der Waals surface area contributed by atoms with Gasteiger partial charge >= 0.3 is 0 Å². The Labute approximate surface area is 155 Å². The number of amides is 1. The number of ketones is 1. The molecule has 0 saturated carbocycles. The SMILES string of the molecule is O=C(c1ccc(F)c(F)c1)C1CCN(C(=O)[C@H]2NCCc3[nH]cnc32)CC1. The maximum atomic E-state index is 13.4. The normalized spacial score (nSPS) is 20.4. The van der Waals surface area contributed by atoms with Gasteiger partial charge in [-0.25, -0.2) is 13.8 Å². The lowest BCUT2D eigenvalue weighted by atomic mass is 9.88. The van der Waals surface area contributed by atoms with E-state index in [9.17, 15) is 18.4 Å². The maximum Gasteiger partial charge on any atom is 0.246 e. The maximum absolute atomic E-state index is 13.4. The zero-order chi connectivity index (χ0) is 19.0. The molecule has 8 heteroatoms. The molecule has 1 aromatic heterocycles. The van der Waals surface area contributed by atoms with Gasteiger partial charge in [-0.05, 0) is 31.0 Å². The van der Waals surface area contributed by atoms with Crippen LogP contribution in [-0.2, 0) is 11.2 Å². The van der Waals surface area contributed by atoms with Crippen LogP contribution in [0.4, 0.5) is 8.78 Å². The third-order valence-corrected chi connectivity index (χ3v) is 5.38. The van der Waals surface area contributed by atoms with E-state index in [1.54, 1.807) is 11.2 Å². The quantitative estimate of drug-likeness (QED) is 0.806. The summed E-state index contributed by atoms with van der Waals surface area (Å²) in [7, 11) is 0. The summed E-state index contributed by atoms with van der Waals surface area (Å²) in [5.41, 5.74) is 1.90. The zero-order valence-electron chi connectivity index (χ0n) is 14.7. The summed E-state index contributed by atoms with van der Waals surface area (Å²) in [5.74, 6) is -2.52. The van der Waals surface area contributed by atoms with Crippen LogP contribution in [0.3, 0.4) is 0 Å². The molecule has 2 N–H and O–H groups in total. The Morgan fingerprint density at radius 2 is 1.93 bits per heavy atom. The van der Waals surface area contributed by atoms with Gasteiger partial charge in [0.2, 0.25) is 5.91 Å². The molecule has 0 spiro atoms. The minimum Gasteiger partial charge on any atom is -0.348 e. The van der Waals surface area contributed by atoms with E-state index in [-0.39, 0.29) is 23.2 Å². The van der Waals surface area contributed by atoms with E-state index in [1.807, 2.05) is 0 Å². The van der Waals surface area contributed by atoms with Gasteiger partial charge in [-0.15, -0.1) is 0 Å². The number of aromatic amines is 1. The molecule has 2 aliphatic rings. The first-order valence-corrected chi connectivity index (χ1v) is 9.08. The molecule has 4 rings (SSSR count). The molecule has 27 heavy (non-hydrogen) atoms. The molecule has 6 nitrogen and oxygen atoms in total. The van der Waals surface area contributed by atoms with E-state index >= 15 is 0 Å². The molecular weight excluding hydrogens is 354 g/mol. The van der Waals surface area contributed by atoms with Crippen molar-refractivity contribution >= 4 is 11.7 Å². The van der Waals surface area contributed by atoms with Crippen LogP contribution in [0.1, 0.15) is 40.6 Å². The van der Waals surface area contributed by atoms with E-state index in [1.165, 1.54) is 6.07 Å². The number of fused-ring (bicyclic) bond motifs is 1. The second-order valence-electron chi connectivity index (χ2n) is 7.00. The van der Waals surface area contributed by atoms with Crippen LogP contribution >= 0.6 is 0 Å². The van der Waals surface area contributed by atoms with Crippen LogP contribution in [0.25, 0.3) is 0 Å². The highest BCUT2D eigenvalue weighted by Gasteiger charge is 2.35. The number of aromatic nitrogens is 2. The van der Waals surface area contributed by atoms with Crippen LogP contribution in [0, 0.1) is 17.6 Å². The summed E-state index contributed by atoms with van der Waals surface area (Å²) in [6.45, 7) is 1.62. The standard InChI is InChI=1S/C19H20F2N4O2/c20-13-2-1-12(9-14(13)21)18(26)11-4-7-25(8-5-11)19(27)17-16-15(3-6-22-17)23-10-24-16/h1-2,9-11,17,22H,3-8H2,(H,23,24)/t17-/m0/s1. The number of rotatable bonds is 3. The number of imidazole rings is 1. The lowest BCUT2D eigenvalue weighted by Crippen LogP contribution is -2.47. The summed E-state index contributed by atoms with van der Waals surface area (Å²) in [5, 5.41) is 3.21. The monoisotopic (exact) mass is 374 g/mol. The molecule has 2 aromatic rings. The minimum absolute atomic E-state index is 0.0400. The average Bonchev–Trinajstić information content (AvgIpc) is 3.18. The molecule has 1 aromatic carbocycles. The van der Waals surface area contributed by atoms with E-state index < -0.39 is 17.7 Å². The lowest BCUT2D eigenvalue weighted by molar-refractivity contribution is -0.135.